The summed E-state index contributed by atoms with van der Waals surface area (Å²) in [6.07, 6.45) is -0.512. The molecule has 1 aliphatic rings. The number of carbonyl (C=O) groups is 1. The van der Waals surface area contributed by atoms with E-state index in [2.05, 4.69) is 20.4 Å². The number of aliphatic hydroxyl groups excluding tert-OH is 1. The fraction of sp³-hybridized carbons (Fsp3) is 0.316. The Bertz CT molecular complexity index is 1190. The van der Waals surface area contributed by atoms with Gasteiger partial charge >= 0.3 is 13.9 Å². The van der Waals surface area contributed by atoms with Gasteiger partial charge in [-0.15, -0.1) is 10.2 Å². The number of pyridine rings is 1. The molecule has 0 spiro atoms. The predicted octanol–water partition coefficient (Wildman–Crippen LogP) is 1.34. The molecule has 2 aromatic heterocycles. The van der Waals surface area contributed by atoms with Gasteiger partial charge in [0.15, 0.2) is 0 Å². The molecule has 15 heteroatoms. The van der Waals surface area contributed by atoms with Crippen LogP contribution < -0.4 is 4.90 Å². The van der Waals surface area contributed by atoms with Crippen LogP contribution in [0.3, 0.4) is 0 Å². The van der Waals surface area contributed by atoms with Gasteiger partial charge in [-0.05, 0) is 43.3 Å². The summed E-state index contributed by atoms with van der Waals surface area (Å²) >= 11 is 0. The van der Waals surface area contributed by atoms with E-state index in [1.165, 1.54) is 22.0 Å². The Hall–Kier alpha value is -3.29. The van der Waals surface area contributed by atoms with E-state index in [-0.39, 0.29) is 6.54 Å². The van der Waals surface area contributed by atoms with Crippen molar-refractivity contribution in [1.29, 1.82) is 0 Å². The summed E-state index contributed by atoms with van der Waals surface area (Å²) in [6.45, 7) is 4.21. The van der Waals surface area contributed by atoms with Crippen molar-refractivity contribution < 1.29 is 38.3 Å². The van der Waals surface area contributed by atoms with Crippen LogP contribution in [0.25, 0.3) is 22.6 Å². The summed E-state index contributed by atoms with van der Waals surface area (Å²) in [5, 5.41) is 21.6. The molecule has 0 saturated carbocycles. The number of nitrogens with zero attached hydrogens (tertiary/aromatic N) is 6. The number of phosphoric acid groups is 1. The molecule has 3 heterocycles. The van der Waals surface area contributed by atoms with Crippen LogP contribution in [0, 0.1) is 5.82 Å². The topological polar surface area (TPSA) is 184 Å². The number of ether oxygens (including phenoxy) is 1. The molecule has 1 aromatic carbocycles. The van der Waals surface area contributed by atoms with Gasteiger partial charge in [0.2, 0.25) is 5.82 Å². The van der Waals surface area contributed by atoms with Gasteiger partial charge in [-0.25, -0.2) is 13.8 Å². The lowest BCUT2D eigenvalue weighted by Crippen LogP contribution is -2.29. The van der Waals surface area contributed by atoms with Crippen molar-refractivity contribution in [3.8, 4) is 22.6 Å². The lowest BCUT2D eigenvalue weighted by molar-refractivity contribution is 0.0437. The third-order valence-electron chi connectivity index (χ3n) is 4.68. The van der Waals surface area contributed by atoms with E-state index >= 15 is 0 Å². The van der Waals surface area contributed by atoms with Gasteiger partial charge in [-0.1, -0.05) is 6.07 Å². The normalized spacial score (nSPS) is 16.6. The molecular formula is C19H22FN6O7P. The summed E-state index contributed by atoms with van der Waals surface area (Å²) in [6, 6.07) is 7.90. The average molecular weight is 496 g/mol. The Balaban J connectivity index is 0.000000588. The molecule has 182 valence electrons. The number of tetrazole rings is 1. The molecule has 0 bridgehead atoms. The first-order valence-electron chi connectivity index (χ1n) is 9.95. The molecular weight excluding hydrogens is 474 g/mol. The molecule has 4 rings (SSSR count). The molecule has 1 fully saturated rings. The Labute approximate surface area is 192 Å². The lowest BCUT2D eigenvalue weighted by Gasteiger charge is -2.15. The first-order valence-corrected chi connectivity index (χ1v) is 11.5. The van der Waals surface area contributed by atoms with E-state index in [0.29, 0.717) is 34.9 Å². The number of benzene rings is 1. The number of anilines is 1. The Morgan fingerprint density at radius 3 is 2.47 bits per heavy atom. The van der Waals surface area contributed by atoms with E-state index in [4.69, 9.17) is 24.0 Å². The Kier molecular flexibility index (Phi) is 7.69. The van der Waals surface area contributed by atoms with Crippen LogP contribution in [0.15, 0.2) is 36.5 Å². The highest BCUT2D eigenvalue weighted by molar-refractivity contribution is 7.45. The van der Waals surface area contributed by atoms with Crippen molar-refractivity contribution in [2.45, 2.75) is 32.6 Å². The highest BCUT2D eigenvalue weighted by atomic mass is 31.2. The maximum atomic E-state index is 14.8. The second-order valence-electron chi connectivity index (χ2n) is 7.18. The van der Waals surface area contributed by atoms with Crippen molar-refractivity contribution in [2.24, 2.45) is 0 Å². The van der Waals surface area contributed by atoms with Gasteiger partial charge in [-0.3, -0.25) is 9.88 Å². The molecule has 1 unspecified atom stereocenters. The molecule has 3 aromatic rings. The molecule has 34 heavy (non-hydrogen) atoms. The highest BCUT2D eigenvalue weighted by Crippen LogP contribution is 2.30. The van der Waals surface area contributed by atoms with Gasteiger partial charge < -0.3 is 24.5 Å². The number of carbonyl (C=O) groups excluding carboxylic acids is 1. The number of aliphatic hydroxyl groups is 1. The van der Waals surface area contributed by atoms with E-state index in [1.807, 2.05) is 6.92 Å². The van der Waals surface area contributed by atoms with Gasteiger partial charge in [0.05, 0.1) is 24.9 Å². The zero-order valence-corrected chi connectivity index (χ0v) is 18.9. The molecule has 4 N–H and O–H groups in total. The minimum absolute atomic E-state index is 0.164. The number of aryl methyl sites for hydroxylation is 1. The van der Waals surface area contributed by atoms with Crippen molar-refractivity contribution >= 4 is 19.6 Å². The van der Waals surface area contributed by atoms with Crippen LogP contribution in [-0.4, -0.2) is 69.8 Å². The van der Waals surface area contributed by atoms with Crippen LogP contribution in [0.4, 0.5) is 14.9 Å². The third-order valence-corrected chi connectivity index (χ3v) is 4.68. The highest BCUT2D eigenvalue weighted by Gasteiger charge is 2.35. The number of aromatic nitrogens is 5. The lowest BCUT2D eigenvalue weighted by atomic mass is 10.1. The van der Waals surface area contributed by atoms with Crippen LogP contribution in [-0.2, 0) is 15.8 Å². The minimum Gasteiger partial charge on any atom is -0.441 e. The smallest absolute Gasteiger partial charge is 0.441 e. The SMILES string of the molecule is CCn1nnc(-c2ccc(-c3ccc(N4C[C@H](C(C)O)OC4=O)cc3F)cn2)n1.O=P(O)(O)O. The largest absolute Gasteiger partial charge is 0.466 e. The standard InChI is InChI=1S/C19H19FN6O3.H3O4P/c1-3-26-23-18(22-24-26)16-7-4-12(9-21-16)14-6-5-13(8-15(14)20)25-10-17(11(2)27)29-19(25)28;1-5(2,3)4/h4-9,11,17,27H,3,10H2,1-2H3;(H3,1,2,3,4)/t11?,17-;/m1./s1. The number of amides is 1. The van der Waals surface area contributed by atoms with E-state index < -0.39 is 31.9 Å². The maximum absolute atomic E-state index is 14.8. The first-order chi connectivity index (χ1) is 16.0. The molecule has 0 aliphatic carbocycles. The molecule has 0 radical (unpaired) electrons. The predicted molar refractivity (Wildman–Crippen MR) is 116 cm³/mol. The van der Waals surface area contributed by atoms with Crippen molar-refractivity contribution in [3.63, 3.8) is 0 Å². The Morgan fingerprint density at radius 2 is 1.97 bits per heavy atom. The molecule has 1 aliphatic heterocycles. The third kappa shape index (κ3) is 6.40. The molecule has 1 amide bonds. The summed E-state index contributed by atoms with van der Waals surface area (Å²) in [4.78, 5) is 40.6. The van der Waals surface area contributed by atoms with Gasteiger partial charge in [0.25, 0.3) is 0 Å². The van der Waals surface area contributed by atoms with Crippen molar-refractivity contribution in [2.75, 3.05) is 11.4 Å². The molecule has 13 nitrogen and oxygen atoms in total. The first kappa shape index (κ1) is 25.3. The van der Waals surface area contributed by atoms with E-state index in [9.17, 15) is 14.3 Å². The molecule has 1 saturated heterocycles. The quantitative estimate of drug-likeness (QED) is 0.374. The second kappa shape index (κ2) is 10.3. The van der Waals surface area contributed by atoms with Crippen molar-refractivity contribution in [1.82, 2.24) is 25.2 Å². The number of hydrogen-bond donors (Lipinski definition) is 4. The fourth-order valence-corrected chi connectivity index (χ4v) is 3.02. The zero-order valence-electron chi connectivity index (χ0n) is 18.1. The monoisotopic (exact) mass is 496 g/mol. The number of rotatable bonds is 5. The average Bonchev–Trinajstić information content (AvgIpc) is 3.39. The summed E-state index contributed by atoms with van der Waals surface area (Å²) in [7, 11) is -4.64. The summed E-state index contributed by atoms with van der Waals surface area (Å²) in [5.41, 5.74) is 1.82. The minimum atomic E-state index is -4.64. The number of hydrogen-bond acceptors (Lipinski definition) is 8. The van der Waals surface area contributed by atoms with Crippen LogP contribution in [0.5, 0.6) is 0 Å². The van der Waals surface area contributed by atoms with E-state index in [1.54, 1.807) is 31.2 Å². The zero-order chi connectivity index (χ0) is 25.0. The number of halogens is 1. The van der Waals surface area contributed by atoms with Crippen LogP contribution in [0.1, 0.15) is 13.8 Å². The van der Waals surface area contributed by atoms with Gasteiger partial charge in [0, 0.05) is 17.3 Å². The van der Waals surface area contributed by atoms with Crippen molar-refractivity contribution in [3.05, 3.63) is 42.3 Å². The molecule has 2 atom stereocenters. The van der Waals surface area contributed by atoms with Gasteiger partial charge in [0.1, 0.15) is 17.6 Å². The number of cyclic esters (lactones) is 1. The van der Waals surface area contributed by atoms with Crippen LogP contribution >= 0.6 is 7.82 Å². The fourth-order valence-electron chi connectivity index (χ4n) is 3.02. The Morgan fingerprint density at radius 1 is 1.26 bits per heavy atom. The van der Waals surface area contributed by atoms with E-state index in [0.717, 1.165) is 0 Å². The second-order valence-corrected chi connectivity index (χ2v) is 8.21. The summed E-state index contributed by atoms with van der Waals surface area (Å²) < 4.78 is 28.7. The van der Waals surface area contributed by atoms with Gasteiger partial charge in [-0.2, -0.15) is 4.80 Å². The van der Waals surface area contributed by atoms with Crippen LogP contribution in [0.2, 0.25) is 0 Å². The summed E-state index contributed by atoms with van der Waals surface area (Å²) in [5.74, 6) is -0.102. The maximum Gasteiger partial charge on any atom is 0.466 e.